The van der Waals surface area contributed by atoms with Gasteiger partial charge in [-0.25, -0.2) is 9.37 Å². The van der Waals surface area contributed by atoms with Gasteiger partial charge in [0.1, 0.15) is 12.1 Å². The lowest BCUT2D eigenvalue weighted by molar-refractivity contribution is 0.628. The van der Waals surface area contributed by atoms with E-state index in [1.165, 1.54) is 12.1 Å². The summed E-state index contributed by atoms with van der Waals surface area (Å²) in [6.45, 7) is 1.91. The van der Waals surface area contributed by atoms with E-state index in [-0.39, 0.29) is 5.82 Å². The van der Waals surface area contributed by atoms with Gasteiger partial charge < -0.3 is 5.32 Å². The molecule has 2 aromatic carbocycles. The number of fused-ring (bicyclic) bond motifs is 3. The van der Waals surface area contributed by atoms with E-state index in [0.29, 0.717) is 17.2 Å². The topological polar surface area (TPSA) is 55.1 Å². The first-order valence-electron chi connectivity index (χ1n) is 6.84. The molecule has 0 unspecified atom stereocenters. The van der Waals surface area contributed by atoms with Crippen LogP contribution < -0.4 is 5.32 Å². The molecule has 0 fully saturated rings. The molecule has 0 spiro atoms. The Hall–Kier alpha value is -3.02. The van der Waals surface area contributed by atoms with Gasteiger partial charge in [-0.15, -0.1) is 10.2 Å². The highest BCUT2D eigenvalue weighted by atomic mass is 19.1. The molecular weight excluding hydrogens is 281 g/mol. The van der Waals surface area contributed by atoms with Crippen molar-refractivity contribution in [1.29, 1.82) is 0 Å². The zero-order valence-electron chi connectivity index (χ0n) is 11.8. The van der Waals surface area contributed by atoms with Crippen LogP contribution in [0.25, 0.3) is 16.7 Å². The molecular formula is C16H12FN5. The highest BCUT2D eigenvalue weighted by Crippen LogP contribution is 2.25. The summed E-state index contributed by atoms with van der Waals surface area (Å²) in [6.07, 6.45) is 1.64. The fourth-order valence-corrected chi connectivity index (χ4v) is 2.45. The van der Waals surface area contributed by atoms with Crippen molar-refractivity contribution in [3.8, 4) is 0 Å². The van der Waals surface area contributed by atoms with Gasteiger partial charge in [0.25, 0.3) is 0 Å². The van der Waals surface area contributed by atoms with Crippen LogP contribution in [0.2, 0.25) is 0 Å². The van der Waals surface area contributed by atoms with Crippen LogP contribution in [0.4, 0.5) is 15.9 Å². The summed E-state index contributed by atoms with van der Waals surface area (Å²) in [5.74, 6) is 0.247. The van der Waals surface area contributed by atoms with E-state index in [0.717, 1.165) is 16.6 Å². The highest BCUT2D eigenvalue weighted by molar-refractivity contribution is 5.84. The van der Waals surface area contributed by atoms with Crippen molar-refractivity contribution in [2.75, 3.05) is 5.32 Å². The Morgan fingerprint density at radius 2 is 2.00 bits per heavy atom. The number of anilines is 2. The molecule has 0 aliphatic heterocycles. The second-order valence-electron chi connectivity index (χ2n) is 5.06. The summed E-state index contributed by atoms with van der Waals surface area (Å²) >= 11 is 0. The minimum atomic E-state index is -0.300. The molecule has 0 amide bonds. The molecule has 0 saturated carbocycles. The van der Waals surface area contributed by atoms with Crippen LogP contribution in [-0.4, -0.2) is 19.6 Å². The predicted molar refractivity (Wildman–Crippen MR) is 82.7 cm³/mol. The zero-order valence-corrected chi connectivity index (χ0v) is 11.8. The van der Waals surface area contributed by atoms with E-state index >= 15 is 0 Å². The fraction of sp³-hybridized carbons (Fsp3) is 0.0625. The third-order valence-corrected chi connectivity index (χ3v) is 3.59. The van der Waals surface area contributed by atoms with E-state index < -0.39 is 0 Å². The van der Waals surface area contributed by atoms with Crippen LogP contribution >= 0.6 is 0 Å². The molecule has 108 valence electrons. The van der Waals surface area contributed by atoms with Crippen LogP contribution in [0.15, 0.2) is 48.8 Å². The zero-order chi connectivity index (χ0) is 15.1. The number of hydrogen-bond donors (Lipinski definition) is 1. The average Bonchev–Trinajstić information content (AvgIpc) is 3.01. The third kappa shape index (κ3) is 1.96. The normalized spacial score (nSPS) is 11.2. The molecule has 0 bridgehead atoms. The first-order valence-corrected chi connectivity index (χ1v) is 6.84. The van der Waals surface area contributed by atoms with Crippen LogP contribution in [-0.2, 0) is 0 Å². The maximum Gasteiger partial charge on any atom is 0.204 e. The second kappa shape index (κ2) is 4.77. The monoisotopic (exact) mass is 293 g/mol. The number of nitrogens with zero attached hydrogens (tertiary/aromatic N) is 4. The molecule has 6 heteroatoms. The quantitative estimate of drug-likeness (QED) is 0.615. The van der Waals surface area contributed by atoms with E-state index in [4.69, 9.17) is 0 Å². The smallest absolute Gasteiger partial charge is 0.204 e. The SMILES string of the molecule is Cc1ccc(F)cc1Nc1nc2ccccc2n2cnnc12. The van der Waals surface area contributed by atoms with Crippen LogP contribution in [0.5, 0.6) is 0 Å². The summed E-state index contributed by atoms with van der Waals surface area (Å²) in [4.78, 5) is 4.58. The Bertz CT molecular complexity index is 992. The Morgan fingerprint density at radius 1 is 1.14 bits per heavy atom. The third-order valence-electron chi connectivity index (χ3n) is 3.59. The molecule has 1 N–H and O–H groups in total. The number of aromatic nitrogens is 4. The maximum absolute atomic E-state index is 13.5. The average molecular weight is 293 g/mol. The lowest BCUT2D eigenvalue weighted by Gasteiger charge is -2.11. The highest BCUT2D eigenvalue weighted by Gasteiger charge is 2.11. The van der Waals surface area contributed by atoms with Crippen molar-refractivity contribution in [3.63, 3.8) is 0 Å². The van der Waals surface area contributed by atoms with Gasteiger partial charge in [-0.3, -0.25) is 4.40 Å². The molecule has 2 heterocycles. The second-order valence-corrected chi connectivity index (χ2v) is 5.06. The van der Waals surface area contributed by atoms with Gasteiger partial charge in [0, 0.05) is 5.69 Å². The van der Waals surface area contributed by atoms with Crippen molar-refractivity contribution in [3.05, 3.63) is 60.2 Å². The minimum Gasteiger partial charge on any atom is -0.337 e. The number of aryl methyl sites for hydroxylation is 1. The van der Waals surface area contributed by atoms with Gasteiger partial charge in [0.15, 0.2) is 5.82 Å². The Balaban J connectivity index is 1.93. The lowest BCUT2D eigenvalue weighted by Crippen LogP contribution is -2.01. The number of hydrogen-bond acceptors (Lipinski definition) is 4. The molecule has 0 saturated heterocycles. The van der Waals surface area contributed by atoms with Crippen molar-refractivity contribution >= 4 is 28.2 Å². The van der Waals surface area contributed by atoms with E-state index in [9.17, 15) is 4.39 Å². The fourth-order valence-electron chi connectivity index (χ4n) is 2.45. The Morgan fingerprint density at radius 3 is 2.91 bits per heavy atom. The van der Waals surface area contributed by atoms with Gasteiger partial charge in [-0.2, -0.15) is 0 Å². The molecule has 4 aromatic rings. The summed E-state index contributed by atoms with van der Waals surface area (Å²) in [6, 6.07) is 12.3. The van der Waals surface area contributed by atoms with Crippen molar-refractivity contribution in [1.82, 2.24) is 19.6 Å². The summed E-state index contributed by atoms with van der Waals surface area (Å²) in [5.41, 5.74) is 3.92. The number of para-hydroxylation sites is 2. The van der Waals surface area contributed by atoms with Gasteiger partial charge >= 0.3 is 0 Å². The van der Waals surface area contributed by atoms with Crippen molar-refractivity contribution in [2.45, 2.75) is 6.92 Å². The summed E-state index contributed by atoms with van der Waals surface area (Å²) in [7, 11) is 0. The number of halogens is 1. The summed E-state index contributed by atoms with van der Waals surface area (Å²) < 4.78 is 15.3. The summed E-state index contributed by atoms with van der Waals surface area (Å²) in [5, 5.41) is 11.2. The Kier molecular flexibility index (Phi) is 2.75. The molecule has 0 aliphatic carbocycles. The van der Waals surface area contributed by atoms with Crippen LogP contribution in [0.1, 0.15) is 5.56 Å². The van der Waals surface area contributed by atoms with E-state index in [1.54, 1.807) is 12.4 Å². The molecule has 5 nitrogen and oxygen atoms in total. The van der Waals surface area contributed by atoms with E-state index in [1.807, 2.05) is 35.6 Å². The first kappa shape index (κ1) is 12.7. The Labute approximate surface area is 125 Å². The molecule has 0 atom stereocenters. The van der Waals surface area contributed by atoms with Gasteiger partial charge in [-0.1, -0.05) is 18.2 Å². The molecule has 22 heavy (non-hydrogen) atoms. The van der Waals surface area contributed by atoms with E-state index in [2.05, 4.69) is 20.5 Å². The van der Waals surface area contributed by atoms with Gasteiger partial charge in [0.2, 0.25) is 5.65 Å². The van der Waals surface area contributed by atoms with Gasteiger partial charge in [-0.05, 0) is 36.8 Å². The van der Waals surface area contributed by atoms with Crippen LogP contribution in [0.3, 0.4) is 0 Å². The largest absolute Gasteiger partial charge is 0.337 e. The van der Waals surface area contributed by atoms with Crippen molar-refractivity contribution < 1.29 is 4.39 Å². The molecule has 2 aromatic heterocycles. The number of rotatable bonds is 2. The van der Waals surface area contributed by atoms with Crippen LogP contribution in [0, 0.1) is 12.7 Å². The number of nitrogens with one attached hydrogen (secondary N) is 1. The number of benzene rings is 2. The lowest BCUT2D eigenvalue weighted by atomic mass is 10.2. The predicted octanol–water partition coefficient (Wildman–Crippen LogP) is 3.47. The molecule has 0 aliphatic rings. The maximum atomic E-state index is 13.5. The van der Waals surface area contributed by atoms with Crippen molar-refractivity contribution in [2.24, 2.45) is 0 Å². The standard InChI is InChI=1S/C16H12FN5/c1-10-6-7-11(17)8-13(10)20-15-16-21-18-9-22(16)14-5-3-2-4-12(14)19-15/h2-9H,1H3,(H,19,20). The van der Waals surface area contributed by atoms with Gasteiger partial charge in [0.05, 0.1) is 11.0 Å². The molecule has 0 radical (unpaired) electrons. The minimum absolute atomic E-state index is 0.300. The molecule has 4 rings (SSSR count). The first-order chi connectivity index (χ1) is 10.7.